The highest BCUT2D eigenvalue weighted by Gasteiger charge is 2.10. The zero-order valence-electron chi connectivity index (χ0n) is 10.8. The van der Waals surface area contributed by atoms with Crippen LogP contribution in [0, 0.1) is 0 Å². The molecule has 0 aliphatic carbocycles. The maximum atomic E-state index is 6.20. The van der Waals surface area contributed by atoms with Crippen LogP contribution in [-0.4, -0.2) is 9.78 Å². The molecule has 102 valence electrons. The average Bonchev–Trinajstić information content (AvgIpc) is 2.83. The average molecular weight is 298 g/mol. The van der Waals surface area contributed by atoms with E-state index >= 15 is 0 Å². The number of rotatable bonds is 5. The second-order valence-corrected chi connectivity index (χ2v) is 5.41. The van der Waals surface area contributed by atoms with E-state index in [2.05, 4.69) is 12.0 Å². The van der Waals surface area contributed by atoms with Crippen molar-refractivity contribution in [3.05, 3.63) is 51.8 Å². The Balaban J connectivity index is 2.06. The van der Waals surface area contributed by atoms with Gasteiger partial charge in [0.1, 0.15) is 0 Å². The van der Waals surface area contributed by atoms with E-state index < -0.39 is 0 Å². The number of hydrogen-bond donors (Lipinski definition) is 1. The first-order valence-electron chi connectivity index (χ1n) is 6.32. The lowest BCUT2D eigenvalue weighted by molar-refractivity contribution is 0.601. The summed E-state index contributed by atoms with van der Waals surface area (Å²) in [5.41, 5.74) is 8.31. The van der Waals surface area contributed by atoms with Crippen molar-refractivity contribution in [1.82, 2.24) is 9.78 Å². The standard InChI is InChI=1S/C14H17Cl2N3/c1-2-5-19-9-11(8-18-19)14(17)7-10-3-4-12(15)13(16)6-10/h3-4,6,8-9,14H,2,5,7,17H2,1H3. The van der Waals surface area contributed by atoms with Crippen LogP contribution in [0.4, 0.5) is 0 Å². The number of benzene rings is 1. The second-order valence-electron chi connectivity index (χ2n) is 4.60. The van der Waals surface area contributed by atoms with Gasteiger partial charge in [0.25, 0.3) is 0 Å². The molecule has 1 aromatic heterocycles. The molecule has 2 aromatic rings. The quantitative estimate of drug-likeness (QED) is 0.911. The minimum atomic E-state index is -0.0807. The predicted molar refractivity (Wildman–Crippen MR) is 79.6 cm³/mol. The predicted octanol–water partition coefficient (Wildman–Crippen LogP) is 3.84. The number of aryl methyl sites for hydroxylation is 1. The molecule has 0 saturated heterocycles. The third kappa shape index (κ3) is 3.72. The fourth-order valence-corrected chi connectivity index (χ4v) is 2.28. The summed E-state index contributed by atoms with van der Waals surface area (Å²) in [4.78, 5) is 0. The van der Waals surface area contributed by atoms with E-state index in [1.165, 1.54) is 0 Å². The molecule has 1 atom stereocenters. The van der Waals surface area contributed by atoms with E-state index in [9.17, 15) is 0 Å². The van der Waals surface area contributed by atoms with Crippen molar-refractivity contribution in [1.29, 1.82) is 0 Å². The molecule has 0 spiro atoms. The summed E-state index contributed by atoms with van der Waals surface area (Å²) < 4.78 is 1.92. The monoisotopic (exact) mass is 297 g/mol. The van der Waals surface area contributed by atoms with Crippen molar-refractivity contribution >= 4 is 23.2 Å². The van der Waals surface area contributed by atoms with Gasteiger partial charge in [-0.15, -0.1) is 0 Å². The van der Waals surface area contributed by atoms with Gasteiger partial charge in [-0.2, -0.15) is 5.10 Å². The highest BCUT2D eigenvalue weighted by atomic mass is 35.5. The van der Waals surface area contributed by atoms with Crippen LogP contribution in [0.1, 0.15) is 30.5 Å². The van der Waals surface area contributed by atoms with Gasteiger partial charge in [-0.3, -0.25) is 4.68 Å². The highest BCUT2D eigenvalue weighted by molar-refractivity contribution is 6.42. The molecule has 1 unspecified atom stereocenters. The Morgan fingerprint density at radius 2 is 2.11 bits per heavy atom. The Morgan fingerprint density at radius 3 is 2.79 bits per heavy atom. The van der Waals surface area contributed by atoms with Gasteiger partial charge in [0.15, 0.2) is 0 Å². The largest absolute Gasteiger partial charge is 0.324 e. The molecule has 2 rings (SSSR count). The molecule has 0 bridgehead atoms. The van der Waals surface area contributed by atoms with Crippen LogP contribution in [0.15, 0.2) is 30.6 Å². The van der Waals surface area contributed by atoms with Gasteiger partial charge in [-0.1, -0.05) is 36.2 Å². The van der Waals surface area contributed by atoms with E-state index in [1.54, 1.807) is 6.07 Å². The van der Waals surface area contributed by atoms with E-state index in [1.807, 2.05) is 29.2 Å². The molecular weight excluding hydrogens is 281 g/mol. The first-order valence-corrected chi connectivity index (χ1v) is 7.07. The lowest BCUT2D eigenvalue weighted by Gasteiger charge is -2.10. The molecule has 1 heterocycles. The Labute approximate surface area is 123 Å². The van der Waals surface area contributed by atoms with Crippen LogP contribution in [0.3, 0.4) is 0 Å². The molecule has 0 aliphatic rings. The second kappa shape index (κ2) is 6.42. The van der Waals surface area contributed by atoms with Crippen molar-refractivity contribution in [3.8, 4) is 0 Å². The van der Waals surface area contributed by atoms with Crippen molar-refractivity contribution < 1.29 is 0 Å². The molecule has 0 amide bonds. The first-order chi connectivity index (χ1) is 9.10. The number of aromatic nitrogens is 2. The number of nitrogens with zero attached hydrogens (tertiary/aromatic N) is 2. The maximum Gasteiger partial charge on any atom is 0.0595 e. The van der Waals surface area contributed by atoms with Crippen LogP contribution >= 0.6 is 23.2 Å². The van der Waals surface area contributed by atoms with Gasteiger partial charge in [0.2, 0.25) is 0 Å². The normalized spacial score (nSPS) is 12.6. The van der Waals surface area contributed by atoms with Crippen LogP contribution < -0.4 is 5.73 Å². The molecule has 0 fully saturated rings. The summed E-state index contributed by atoms with van der Waals surface area (Å²) in [5, 5.41) is 5.42. The Kier molecular flexibility index (Phi) is 4.86. The third-order valence-corrected chi connectivity index (χ3v) is 3.71. The zero-order valence-corrected chi connectivity index (χ0v) is 12.3. The van der Waals surface area contributed by atoms with Crippen LogP contribution in [-0.2, 0) is 13.0 Å². The van der Waals surface area contributed by atoms with Crippen molar-refractivity contribution in [2.24, 2.45) is 5.73 Å². The topological polar surface area (TPSA) is 43.8 Å². The molecule has 3 nitrogen and oxygen atoms in total. The number of hydrogen-bond acceptors (Lipinski definition) is 2. The van der Waals surface area contributed by atoms with Gasteiger partial charge in [0, 0.05) is 24.3 Å². The number of halogens is 2. The molecule has 2 N–H and O–H groups in total. The van der Waals surface area contributed by atoms with Crippen LogP contribution in [0.5, 0.6) is 0 Å². The van der Waals surface area contributed by atoms with Crippen molar-refractivity contribution in [3.63, 3.8) is 0 Å². The van der Waals surface area contributed by atoms with E-state index in [0.29, 0.717) is 16.5 Å². The maximum absolute atomic E-state index is 6.20. The van der Waals surface area contributed by atoms with Gasteiger partial charge in [-0.05, 0) is 30.5 Å². The lowest BCUT2D eigenvalue weighted by Crippen LogP contribution is -2.12. The summed E-state index contributed by atoms with van der Waals surface area (Å²) >= 11 is 11.9. The summed E-state index contributed by atoms with van der Waals surface area (Å²) in [7, 11) is 0. The molecule has 19 heavy (non-hydrogen) atoms. The van der Waals surface area contributed by atoms with Gasteiger partial charge < -0.3 is 5.73 Å². The summed E-state index contributed by atoms with van der Waals surface area (Å²) in [6, 6.07) is 5.53. The lowest BCUT2D eigenvalue weighted by atomic mass is 10.0. The first kappa shape index (κ1) is 14.4. The molecular formula is C14H17Cl2N3. The molecule has 0 saturated carbocycles. The van der Waals surface area contributed by atoms with E-state index in [4.69, 9.17) is 28.9 Å². The third-order valence-electron chi connectivity index (χ3n) is 2.97. The van der Waals surface area contributed by atoms with Crippen LogP contribution in [0.2, 0.25) is 10.0 Å². The van der Waals surface area contributed by atoms with E-state index in [0.717, 1.165) is 24.1 Å². The summed E-state index contributed by atoms with van der Waals surface area (Å²) in [6.45, 7) is 3.04. The minimum absolute atomic E-state index is 0.0807. The fourth-order valence-electron chi connectivity index (χ4n) is 1.96. The summed E-state index contributed by atoms with van der Waals surface area (Å²) in [5.74, 6) is 0. The molecule has 5 heteroatoms. The van der Waals surface area contributed by atoms with Crippen molar-refractivity contribution in [2.45, 2.75) is 32.4 Å². The SMILES string of the molecule is CCCn1cc(C(N)Cc2ccc(Cl)c(Cl)c2)cn1. The van der Waals surface area contributed by atoms with Gasteiger partial charge in [0.05, 0.1) is 16.2 Å². The molecule has 0 radical (unpaired) electrons. The van der Waals surface area contributed by atoms with Crippen LogP contribution in [0.25, 0.3) is 0 Å². The van der Waals surface area contributed by atoms with Gasteiger partial charge >= 0.3 is 0 Å². The Hall–Kier alpha value is -1.03. The number of nitrogens with two attached hydrogens (primary N) is 1. The van der Waals surface area contributed by atoms with E-state index in [-0.39, 0.29) is 6.04 Å². The minimum Gasteiger partial charge on any atom is -0.324 e. The Bertz CT molecular complexity index is 551. The van der Waals surface area contributed by atoms with Crippen molar-refractivity contribution in [2.75, 3.05) is 0 Å². The zero-order chi connectivity index (χ0) is 13.8. The summed E-state index contributed by atoms with van der Waals surface area (Å²) in [6.07, 6.45) is 5.61. The fraction of sp³-hybridized carbons (Fsp3) is 0.357. The Morgan fingerprint density at radius 1 is 1.32 bits per heavy atom. The smallest absolute Gasteiger partial charge is 0.0595 e. The molecule has 0 aliphatic heterocycles. The molecule has 1 aromatic carbocycles. The highest BCUT2D eigenvalue weighted by Crippen LogP contribution is 2.24. The van der Waals surface area contributed by atoms with Gasteiger partial charge in [-0.25, -0.2) is 0 Å².